The normalized spacial score (nSPS) is 10.9. The van der Waals surface area contributed by atoms with E-state index in [1.165, 1.54) is 14.2 Å². The molecule has 0 amide bonds. The van der Waals surface area contributed by atoms with E-state index in [2.05, 4.69) is 15.1 Å². The number of aromatic amines is 1. The summed E-state index contributed by atoms with van der Waals surface area (Å²) in [5.41, 5.74) is 2.69. The van der Waals surface area contributed by atoms with E-state index in [4.69, 9.17) is 9.47 Å². The molecular formula is C15H16N4O3. The number of nitrogens with zero attached hydrogens (tertiary/aromatic N) is 3. The SMILES string of the molecule is CCn1nccc1-c1nc2cc(OC)c(C(=O)OC)cc2[nH]1. The monoisotopic (exact) mass is 300 g/mol. The van der Waals surface area contributed by atoms with Crippen molar-refractivity contribution in [1.29, 1.82) is 0 Å². The second kappa shape index (κ2) is 5.51. The lowest BCUT2D eigenvalue weighted by Gasteiger charge is -2.06. The number of hydrogen-bond acceptors (Lipinski definition) is 5. The summed E-state index contributed by atoms with van der Waals surface area (Å²) in [5.74, 6) is 0.674. The van der Waals surface area contributed by atoms with Gasteiger partial charge in [0, 0.05) is 18.8 Å². The molecule has 0 aliphatic heterocycles. The van der Waals surface area contributed by atoms with Gasteiger partial charge in [-0.15, -0.1) is 0 Å². The number of methoxy groups -OCH3 is 2. The highest BCUT2D eigenvalue weighted by atomic mass is 16.5. The number of carbonyl (C=O) groups excluding carboxylic acids is 1. The number of aromatic nitrogens is 4. The first-order chi connectivity index (χ1) is 10.7. The third-order valence-electron chi connectivity index (χ3n) is 3.47. The molecule has 0 spiro atoms. The molecule has 1 aromatic carbocycles. The van der Waals surface area contributed by atoms with E-state index in [1.54, 1.807) is 18.3 Å². The highest BCUT2D eigenvalue weighted by Crippen LogP contribution is 2.27. The van der Waals surface area contributed by atoms with Crippen LogP contribution in [0.2, 0.25) is 0 Å². The number of ether oxygens (including phenoxy) is 2. The largest absolute Gasteiger partial charge is 0.496 e. The zero-order valence-corrected chi connectivity index (χ0v) is 12.6. The number of benzene rings is 1. The van der Waals surface area contributed by atoms with Crippen LogP contribution in [0.15, 0.2) is 24.4 Å². The van der Waals surface area contributed by atoms with Crippen molar-refractivity contribution < 1.29 is 14.3 Å². The van der Waals surface area contributed by atoms with Gasteiger partial charge in [0.05, 0.1) is 25.3 Å². The second-order valence-corrected chi connectivity index (χ2v) is 4.68. The number of aryl methyl sites for hydroxylation is 1. The Morgan fingerprint density at radius 2 is 2.18 bits per heavy atom. The Bertz CT molecular complexity index is 835. The Morgan fingerprint density at radius 1 is 1.36 bits per heavy atom. The van der Waals surface area contributed by atoms with Gasteiger partial charge in [0.15, 0.2) is 5.82 Å². The van der Waals surface area contributed by atoms with Gasteiger partial charge >= 0.3 is 5.97 Å². The Kier molecular flexibility index (Phi) is 3.54. The minimum absolute atomic E-state index is 0.358. The molecule has 1 N–H and O–H groups in total. The molecule has 22 heavy (non-hydrogen) atoms. The summed E-state index contributed by atoms with van der Waals surface area (Å²) in [7, 11) is 2.84. The number of carbonyl (C=O) groups is 1. The van der Waals surface area contributed by atoms with Crippen LogP contribution in [0.1, 0.15) is 17.3 Å². The van der Waals surface area contributed by atoms with E-state index in [1.807, 2.05) is 17.7 Å². The van der Waals surface area contributed by atoms with Crippen LogP contribution >= 0.6 is 0 Å². The van der Waals surface area contributed by atoms with Gasteiger partial charge in [-0.2, -0.15) is 5.10 Å². The molecule has 3 rings (SSSR count). The van der Waals surface area contributed by atoms with Gasteiger partial charge in [-0.1, -0.05) is 0 Å². The number of nitrogens with one attached hydrogen (secondary N) is 1. The van der Waals surface area contributed by atoms with E-state index in [-0.39, 0.29) is 0 Å². The summed E-state index contributed by atoms with van der Waals surface area (Å²) < 4.78 is 11.9. The highest BCUT2D eigenvalue weighted by Gasteiger charge is 2.17. The van der Waals surface area contributed by atoms with Crippen molar-refractivity contribution in [2.75, 3.05) is 14.2 Å². The standard InChI is InChI=1S/C15H16N4O3/c1-4-19-12(5-6-16-19)14-17-10-7-9(15(20)22-3)13(21-2)8-11(10)18-14/h5-8H,4H2,1-3H3,(H,17,18). The fraction of sp³-hybridized carbons (Fsp3) is 0.267. The summed E-state index contributed by atoms with van der Waals surface area (Å²) >= 11 is 0. The minimum atomic E-state index is -0.450. The molecule has 0 unspecified atom stereocenters. The van der Waals surface area contributed by atoms with Gasteiger partial charge in [0.1, 0.15) is 17.0 Å². The summed E-state index contributed by atoms with van der Waals surface area (Å²) in [6, 6.07) is 5.29. The molecule has 0 bridgehead atoms. The van der Waals surface area contributed by atoms with E-state index < -0.39 is 5.97 Å². The van der Waals surface area contributed by atoms with Gasteiger partial charge in [-0.25, -0.2) is 9.78 Å². The molecule has 114 valence electrons. The van der Waals surface area contributed by atoms with Crippen molar-refractivity contribution in [2.24, 2.45) is 0 Å². The molecule has 7 nitrogen and oxygen atoms in total. The smallest absolute Gasteiger partial charge is 0.341 e. The molecular weight excluding hydrogens is 284 g/mol. The van der Waals surface area contributed by atoms with Gasteiger partial charge < -0.3 is 14.5 Å². The second-order valence-electron chi connectivity index (χ2n) is 4.68. The summed E-state index contributed by atoms with van der Waals surface area (Å²) in [5, 5.41) is 4.23. The van der Waals surface area contributed by atoms with Gasteiger partial charge in [-0.05, 0) is 19.1 Å². The van der Waals surface area contributed by atoms with E-state index in [0.29, 0.717) is 22.7 Å². The molecule has 7 heteroatoms. The topological polar surface area (TPSA) is 82.0 Å². The number of H-pyrrole nitrogens is 1. The lowest BCUT2D eigenvalue weighted by Crippen LogP contribution is -2.03. The maximum atomic E-state index is 11.8. The summed E-state index contributed by atoms with van der Waals surface area (Å²) in [6.45, 7) is 2.76. The van der Waals surface area contributed by atoms with Gasteiger partial charge in [0.2, 0.25) is 0 Å². The van der Waals surface area contributed by atoms with Crippen molar-refractivity contribution in [3.8, 4) is 17.3 Å². The molecule has 2 aromatic heterocycles. The number of fused-ring (bicyclic) bond motifs is 1. The zero-order valence-electron chi connectivity index (χ0n) is 12.6. The quantitative estimate of drug-likeness (QED) is 0.747. The van der Waals surface area contributed by atoms with Crippen molar-refractivity contribution in [3.05, 3.63) is 30.0 Å². The van der Waals surface area contributed by atoms with Crippen LogP contribution in [0.4, 0.5) is 0 Å². The van der Waals surface area contributed by atoms with Crippen molar-refractivity contribution in [2.45, 2.75) is 13.5 Å². The first kappa shape index (κ1) is 14.1. The molecule has 0 radical (unpaired) electrons. The molecule has 2 heterocycles. The average Bonchev–Trinajstić information content (AvgIpc) is 3.17. The van der Waals surface area contributed by atoms with Crippen molar-refractivity contribution in [3.63, 3.8) is 0 Å². The van der Waals surface area contributed by atoms with Gasteiger partial charge in [-0.3, -0.25) is 4.68 Å². The summed E-state index contributed by atoms with van der Waals surface area (Å²) in [4.78, 5) is 19.6. The summed E-state index contributed by atoms with van der Waals surface area (Å²) in [6.07, 6.45) is 1.73. The lowest BCUT2D eigenvalue weighted by atomic mass is 10.2. The highest BCUT2D eigenvalue weighted by molar-refractivity contribution is 5.97. The van der Waals surface area contributed by atoms with Crippen LogP contribution in [0, 0.1) is 0 Å². The van der Waals surface area contributed by atoms with Gasteiger partial charge in [0.25, 0.3) is 0 Å². The molecule has 0 saturated carbocycles. The predicted molar refractivity (Wildman–Crippen MR) is 80.9 cm³/mol. The van der Waals surface area contributed by atoms with Crippen LogP contribution < -0.4 is 4.74 Å². The third kappa shape index (κ3) is 2.20. The predicted octanol–water partition coefficient (Wildman–Crippen LogP) is 2.24. The number of esters is 1. The Hall–Kier alpha value is -2.83. The molecule has 0 aliphatic carbocycles. The number of rotatable bonds is 4. The van der Waals surface area contributed by atoms with Crippen LogP contribution in [-0.4, -0.2) is 39.9 Å². The van der Waals surface area contributed by atoms with Crippen LogP contribution in [0.25, 0.3) is 22.6 Å². The molecule has 0 saturated heterocycles. The molecule has 0 atom stereocenters. The average molecular weight is 300 g/mol. The maximum Gasteiger partial charge on any atom is 0.341 e. The van der Waals surface area contributed by atoms with E-state index >= 15 is 0 Å². The fourth-order valence-corrected chi connectivity index (χ4v) is 2.38. The zero-order chi connectivity index (χ0) is 15.7. The minimum Gasteiger partial charge on any atom is -0.496 e. The maximum absolute atomic E-state index is 11.8. The lowest BCUT2D eigenvalue weighted by molar-refractivity contribution is 0.0597. The molecule has 3 aromatic rings. The Morgan fingerprint density at radius 3 is 2.86 bits per heavy atom. The van der Waals surface area contributed by atoms with Crippen molar-refractivity contribution in [1.82, 2.24) is 19.7 Å². The molecule has 0 fully saturated rings. The number of imidazole rings is 1. The Balaban J connectivity index is 2.16. The first-order valence-corrected chi connectivity index (χ1v) is 6.86. The number of hydrogen-bond donors (Lipinski definition) is 1. The van der Waals surface area contributed by atoms with E-state index in [9.17, 15) is 4.79 Å². The Labute approximate surface area is 126 Å². The van der Waals surface area contributed by atoms with Crippen LogP contribution in [-0.2, 0) is 11.3 Å². The van der Waals surface area contributed by atoms with E-state index in [0.717, 1.165) is 17.8 Å². The third-order valence-corrected chi connectivity index (χ3v) is 3.47. The van der Waals surface area contributed by atoms with Crippen molar-refractivity contribution >= 4 is 17.0 Å². The molecule has 0 aliphatic rings. The fourth-order valence-electron chi connectivity index (χ4n) is 2.38. The van der Waals surface area contributed by atoms with Crippen LogP contribution in [0.5, 0.6) is 5.75 Å². The van der Waals surface area contributed by atoms with Crippen LogP contribution in [0.3, 0.4) is 0 Å². The first-order valence-electron chi connectivity index (χ1n) is 6.86.